The molecule has 2 rings (SSSR count). The molecule has 0 bridgehead atoms. The maximum absolute atomic E-state index is 6.12. The van der Waals surface area contributed by atoms with Crippen molar-refractivity contribution in [1.82, 2.24) is 10.1 Å². The maximum Gasteiger partial charge on any atom is 0.243 e. The van der Waals surface area contributed by atoms with Gasteiger partial charge in [-0.2, -0.15) is 4.98 Å². The van der Waals surface area contributed by atoms with E-state index in [2.05, 4.69) is 36.1 Å². The lowest BCUT2D eigenvalue weighted by molar-refractivity contribution is 0.344. The Kier molecular flexibility index (Phi) is 5.30. The topological polar surface area (TPSA) is 64.9 Å². The van der Waals surface area contributed by atoms with Gasteiger partial charge >= 0.3 is 0 Å². The molecule has 1 aromatic heterocycles. The van der Waals surface area contributed by atoms with Crippen molar-refractivity contribution < 1.29 is 4.52 Å². The van der Waals surface area contributed by atoms with Crippen molar-refractivity contribution in [3.63, 3.8) is 0 Å². The van der Waals surface area contributed by atoms with E-state index in [4.69, 9.17) is 10.3 Å². The summed E-state index contributed by atoms with van der Waals surface area (Å²) in [6, 6.07) is 10.1. The summed E-state index contributed by atoms with van der Waals surface area (Å²) >= 11 is 0. The van der Waals surface area contributed by atoms with Gasteiger partial charge in [0.15, 0.2) is 5.82 Å². The second kappa shape index (κ2) is 7.20. The molecule has 2 aromatic rings. The van der Waals surface area contributed by atoms with Crippen molar-refractivity contribution in [2.75, 3.05) is 0 Å². The molecule has 0 aliphatic heterocycles. The number of nitrogens with zero attached hydrogens (tertiary/aromatic N) is 2. The summed E-state index contributed by atoms with van der Waals surface area (Å²) in [7, 11) is 0. The van der Waals surface area contributed by atoms with Crippen LogP contribution in [0.4, 0.5) is 0 Å². The molecule has 0 amide bonds. The summed E-state index contributed by atoms with van der Waals surface area (Å²) < 4.78 is 5.26. The van der Waals surface area contributed by atoms with Crippen LogP contribution in [0.2, 0.25) is 0 Å². The van der Waals surface area contributed by atoms with E-state index in [1.54, 1.807) is 0 Å². The van der Waals surface area contributed by atoms with Crippen LogP contribution in [0.3, 0.4) is 0 Å². The first-order valence-corrected chi connectivity index (χ1v) is 7.27. The number of aromatic nitrogens is 2. The fourth-order valence-corrected chi connectivity index (χ4v) is 2.03. The Morgan fingerprint density at radius 3 is 2.55 bits per heavy atom. The van der Waals surface area contributed by atoms with Crippen LogP contribution >= 0.6 is 0 Å². The van der Waals surface area contributed by atoms with Gasteiger partial charge in [0.2, 0.25) is 5.89 Å². The minimum Gasteiger partial charge on any atom is -0.338 e. The SMILES string of the molecule is CC(C)CCc1noc([C@@H](N)CCc2ccccc2)n1. The Hall–Kier alpha value is -1.68. The van der Waals surface area contributed by atoms with Crippen LogP contribution in [0.5, 0.6) is 0 Å². The highest BCUT2D eigenvalue weighted by Gasteiger charge is 2.14. The monoisotopic (exact) mass is 273 g/mol. The second-order valence-corrected chi connectivity index (χ2v) is 5.61. The second-order valence-electron chi connectivity index (χ2n) is 5.61. The van der Waals surface area contributed by atoms with Crippen LogP contribution in [0.15, 0.2) is 34.9 Å². The Balaban J connectivity index is 1.84. The minimum atomic E-state index is -0.185. The summed E-state index contributed by atoms with van der Waals surface area (Å²) in [5, 5.41) is 4.00. The quantitative estimate of drug-likeness (QED) is 0.840. The molecule has 0 aliphatic carbocycles. The first kappa shape index (κ1) is 14.7. The molecule has 2 N–H and O–H groups in total. The summed E-state index contributed by atoms with van der Waals surface area (Å²) in [4.78, 5) is 4.39. The van der Waals surface area contributed by atoms with Crippen LogP contribution in [0, 0.1) is 5.92 Å². The van der Waals surface area contributed by atoms with Crippen molar-refractivity contribution in [2.24, 2.45) is 11.7 Å². The van der Waals surface area contributed by atoms with Gasteiger partial charge < -0.3 is 10.3 Å². The summed E-state index contributed by atoms with van der Waals surface area (Å²) in [5.74, 6) is 1.97. The number of hydrogen-bond acceptors (Lipinski definition) is 4. The van der Waals surface area contributed by atoms with Gasteiger partial charge in [-0.3, -0.25) is 0 Å². The molecular formula is C16H23N3O. The fraction of sp³-hybridized carbons (Fsp3) is 0.500. The van der Waals surface area contributed by atoms with Gasteiger partial charge in [-0.1, -0.05) is 49.3 Å². The van der Waals surface area contributed by atoms with E-state index in [0.29, 0.717) is 11.8 Å². The molecule has 4 nitrogen and oxygen atoms in total. The molecule has 4 heteroatoms. The number of benzene rings is 1. The third-order valence-electron chi connectivity index (χ3n) is 3.33. The van der Waals surface area contributed by atoms with Crippen molar-refractivity contribution >= 4 is 0 Å². The molecule has 0 fully saturated rings. The van der Waals surface area contributed by atoms with Crippen molar-refractivity contribution in [3.8, 4) is 0 Å². The van der Waals surface area contributed by atoms with Gasteiger partial charge in [-0.25, -0.2) is 0 Å². The highest BCUT2D eigenvalue weighted by atomic mass is 16.5. The molecule has 1 heterocycles. The number of nitrogens with two attached hydrogens (primary N) is 1. The Morgan fingerprint density at radius 2 is 1.85 bits per heavy atom. The van der Waals surface area contributed by atoms with Crippen molar-refractivity contribution in [3.05, 3.63) is 47.6 Å². The van der Waals surface area contributed by atoms with Gasteiger partial charge in [0.1, 0.15) is 0 Å². The average molecular weight is 273 g/mol. The molecule has 1 atom stereocenters. The van der Waals surface area contributed by atoms with Crippen molar-refractivity contribution in [2.45, 2.75) is 45.6 Å². The van der Waals surface area contributed by atoms with Gasteiger partial charge in [0.25, 0.3) is 0 Å². The van der Waals surface area contributed by atoms with Gasteiger partial charge in [-0.15, -0.1) is 0 Å². The third kappa shape index (κ3) is 4.46. The molecule has 0 radical (unpaired) electrons. The largest absolute Gasteiger partial charge is 0.338 e. The predicted molar refractivity (Wildman–Crippen MR) is 79.1 cm³/mol. The van der Waals surface area contributed by atoms with Crippen LogP contribution in [-0.2, 0) is 12.8 Å². The molecule has 0 saturated carbocycles. The third-order valence-corrected chi connectivity index (χ3v) is 3.33. The number of rotatable bonds is 7. The van der Waals surface area contributed by atoms with Gasteiger partial charge in [0, 0.05) is 6.42 Å². The lowest BCUT2D eigenvalue weighted by Crippen LogP contribution is -2.12. The van der Waals surface area contributed by atoms with E-state index >= 15 is 0 Å². The summed E-state index contributed by atoms with van der Waals surface area (Å²) in [5.41, 5.74) is 7.40. The van der Waals surface area contributed by atoms with E-state index in [0.717, 1.165) is 31.5 Å². The zero-order valence-corrected chi connectivity index (χ0v) is 12.2. The van der Waals surface area contributed by atoms with E-state index in [1.807, 2.05) is 18.2 Å². The predicted octanol–water partition coefficient (Wildman–Crippen LogP) is 3.29. The Morgan fingerprint density at radius 1 is 1.10 bits per heavy atom. The van der Waals surface area contributed by atoms with Gasteiger partial charge in [0.05, 0.1) is 6.04 Å². The highest BCUT2D eigenvalue weighted by molar-refractivity contribution is 5.15. The van der Waals surface area contributed by atoms with Crippen LogP contribution in [0.1, 0.15) is 50.0 Å². The molecule has 0 spiro atoms. The van der Waals surface area contributed by atoms with Crippen molar-refractivity contribution in [1.29, 1.82) is 0 Å². The Bertz CT molecular complexity index is 507. The van der Waals surface area contributed by atoms with E-state index in [-0.39, 0.29) is 6.04 Å². The zero-order valence-electron chi connectivity index (χ0n) is 12.2. The molecule has 1 aromatic carbocycles. The molecule has 108 valence electrons. The average Bonchev–Trinajstić information content (AvgIpc) is 2.92. The lowest BCUT2D eigenvalue weighted by Gasteiger charge is -2.06. The van der Waals surface area contributed by atoms with Crippen LogP contribution in [-0.4, -0.2) is 10.1 Å². The smallest absolute Gasteiger partial charge is 0.243 e. The summed E-state index contributed by atoms with van der Waals surface area (Å²) in [6.07, 6.45) is 3.66. The normalized spacial score (nSPS) is 12.8. The van der Waals surface area contributed by atoms with E-state index < -0.39 is 0 Å². The summed E-state index contributed by atoms with van der Waals surface area (Å²) in [6.45, 7) is 4.37. The number of hydrogen-bond donors (Lipinski definition) is 1. The molecule has 0 unspecified atom stereocenters. The number of aryl methyl sites for hydroxylation is 2. The first-order chi connectivity index (χ1) is 9.65. The fourth-order valence-electron chi connectivity index (χ4n) is 2.03. The standard InChI is InChI=1S/C16H23N3O/c1-12(2)8-11-15-18-16(20-19-15)14(17)10-9-13-6-4-3-5-7-13/h3-7,12,14H,8-11,17H2,1-2H3/t14-/m0/s1. The highest BCUT2D eigenvalue weighted by Crippen LogP contribution is 2.16. The van der Waals surface area contributed by atoms with Crippen LogP contribution in [0.25, 0.3) is 0 Å². The van der Waals surface area contributed by atoms with Crippen LogP contribution < -0.4 is 5.73 Å². The maximum atomic E-state index is 6.12. The Labute approximate surface area is 120 Å². The van der Waals surface area contributed by atoms with E-state index in [9.17, 15) is 0 Å². The molecule has 0 saturated heterocycles. The minimum absolute atomic E-state index is 0.185. The zero-order chi connectivity index (χ0) is 14.4. The molecule has 0 aliphatic rings. The first-order valence-electron chi connectivity index (χ1n) is 7.27. The lowest BCUT2D eigenvalue weighted by atomic mass is 10.1. The molecule has 20 heavy (non-hydrogen) atoms. The van der Waals surface area contributed by atoms with Gasteiger partial charge in [-0.05, 0) is 30.7 Å². The van der Waals surface area contributed by atoms with E-state index in [1.165, 1.54) is 5.56 Å². The molecular weight excluding hydrogens is 250 g/mol.